The van der Waals surface area contributed by atoms with Crippen molar-refractivity contribution in [3.8, 4) is 16.3 Å². The number of thiazole rings is 1. The van der Waals surface area contributed by atoms with Gasteiger partial charge in [-0.3, -0.25) is 0 Å². The number of aromatic nitrogens is 1. The Kier molecular flexibility index (Phi) is 6.26. The average molecular weight is 436 g/mol. The number of methoxy groups -OCH3 is 1. The minimum absolute atomic E-state index is 0.173. The summed E-state index contributed by atoms with van der Waals surface area (Å²) in [7, 11) is -1.01. The predicted octanol–water partition coefficient (Wildman–Crippen LogP) is 3.22. The second-order valence-electron chi connectivity index (χ2n) is 5.80. The van der Waals surface area contributed by atoms with Crippen LogP contribution in [-0.2, 0) is 21.4 Å². The van der Waals surface area contributed by atoms with Gasteiger partial charge in [0.05, 0.1) is 23.3 Å². The van der Waals surface area contributed by atoms with E-state index in [0.29, 0.717) is 5.69 Å². The van der Waals surface area contributed by atoms with Gasteiger partial charge < -0.3 is 9.47 Å². The van der Waals surface area contributed by atoms with Crippen LogP contribution in [0.2, 0.25) is 0 Å². The van der Waals surface area contributed by atoms with Crippen molar-refractivity contribution >= 4 is 27.3 Å². The monoisotopic (exact) mass is 436 g/mol. The summed E-state index contributed by atoms with van der Waals surface area (Å²) < 4.78 is 50.0. The van der Waals surface area contributed by atoms with Crippen LogP contribution in [0.25, 0.3) is 10.6 Å². The number of carbonyl (C=O) groups is 1. The summed E-state index contributed by atoms with van der Waals surface area (Å²) >= 11 is 1.37. The van der Waals surface area contributed by atoms with Crippen LogP contribution < -0.4 is 9.46 Å². The van der Waals surface area contributed by atoms with E-state index in [1.807, 2.05) is 24.3 Å². The molecule has 0 aliphatic rings. The highest BCUT2D eigenvalue weighted by molar-refractivity contribution is 7.89. The maximum atomic E-state index is 14.0. The number of ether oxygens (including phenoxy) is 2. The van der Waals surface area contributed by atoms with E-state index in [9.17, 15) is 17.6 Å². The molecule has 0 aliphatic carbocycles. The summed E-state index contributed by atoms with van der Waals surface area (Å²) in [5.41, 5.74) is 0.907. The fourth-order valence-corrected chi connectivity index (χ4v) is 3.97. The molecule has 152 valence electrons. The maximum absolute atomic E-state index is 14.0. The van der Waals surface area contributed by atoms with Crippen molar-refractivity contribution in [3.63, 3.8) is 0 Å². The Hall–Kier alpha value is -2.82. The van der Waals surface area contributed by atoms with Gasteiger partial charge in [-0.2, -0.15) is 0 Å². The Morgan fingerprint density at radius 2 is 1.93 bits per heavy atom. The molecule has 0 saturated heterocycles. The van der Waals surface area contributed by atoms with Gasteiger partial charge in [0.1, 0.15) is 23.2 Å². The number of sulfonamides is 1. The second kappa shape index (κ2) is 8.68. The molecular weight excluding hydrogens is 419 g/mol. The van der Waals surface area contributed by atoms with Crippen molar-refractivity contribution in [2.45, 2.75) is 11.5 Å². The van der Waals surface area contributed by atoms with Gasteiger partial charge in [0, 0.05) is 10.9 Å². The molecule has 0 atom stereocenters. The molecule has 1 heterocycles. The molecule has 10 heteroatoms. The van der Waals surface area contributed by atoms with Gasteiger partial charge in [0.2, 0.25) is 10.0 Å². The van der Waals surface area contributed by atoms with E-state index >= 15 is 0 Å². The van der Waals surface area contributed by atoms with Gasteiger partial charge in [-0.25, -0.2) is 27.3 Å². The lowest BCUT2D eigenvalue weighted by molar-refractivity contribution is 0.0462. The van der Waals surface area contributed by atoms with Crippen LogP contribution in [0, 0.1) is 5.82 Å². The van der Waals surface area contributed by atoms with Gasteiger partial charge in [-0.1, -0.05) is 0 Å². The molecule has 0 saturated carbocycles. The van der Waals surface area contributed by atoms with Crippen molar-refractivity contribution in [2.24, 2.45) is 0 Å². The van der Waals surface area contributed by atoms with Gasteiger partial charge in [-0.05, 0) is 49.5 Å². The summed E-state index contributed by atoms with van der Waals surface area (Å²) in [4.78, 5) is 16.4. The molecule has 3 rings (SSSR count). The highest BCUT2D eigenvalue weighted by atomic mass is 32.2. The van der Waals surface area contributed by atoms with Crippen LogP contribution in [0.3, 0.4) is 0 Å². The van der Waals surface area contributed by atoms with Crippen LogP contribution in [0.15, 0.2) is 52.7 Å². The third-order valence-electron chi connectivity index (χ3n) is 3.98. The van der Waals surface area contributed by atoms with Crippen LogP contribution >= 0.6 is 11.3 Å². The number of benzene rings is 2. The summed E-state index contributed by atoms with van der Waals surface area (Å²) in [6.07, 6.45) is 0. The number of nitrogens with zero attached hydrogens (tertiary/aromatic N) is 1. The highest BCUT2D eigenvalue weighted by Crippen LogP contribution is 2.26. The number of hydrogen-bond acceptors (Lipinski definition) is 7. The molecule has 7 nitrogen and oxygen atoms in total. The van der Waals surface area contributed by atoms with Crippen LogP contribution in [-0.4, -0.2) is 33.5 Å². The predicted molar refractivity (Wildman–Crippen MR) is 106 cm³/mol. The molecule has 0 radical (unpaired) electrons. The number of carbonyl (C=O) groups excluding carboxylic acids is 1. The smallest absolute Gasteiger partial charge is 0.341 e. The van der Waals surface area contributed by atoms with Crippen LogP contribution in [0.4, 0.5) is 4.39 Å². The number of hydrogen-bond donors (Lipinski definition) is 1. The lowest BCUT2D eigenvalue weighted by atomic mass is 10.2. The van der Waals surface area contributed by atoms with Crippen LogP contribution in [0.5, 0.6) is 5.75 Å². The lowest BCUT2D eigenvalue weighted by Gasteiger charge is -2.07. The van der Waals surface area contributed by atoms with Crippen LogP contribution in [0.1, 0.15) is 16.1 Å². The minimum atomic E-state index is -3.81. The van der Waals surface area contributed by atoms with E-state index < -0.39 is 27.4 Å². The van der Waals surface area contributed by atoms with E-state index in [-0.39, 0.29) is 11.5 Å². The van der Waals surface area contributed by atoms with E-state index in [1.165, 1.54) is 18.4 Å². The zero-order valence-corrected chi connectivity index (χ0v) is 17.1. The molecule has 0 amide bonds. The molecular formula is C19H17FN2O5S2. The Balaban J connectivity index is 1.71. The fraction of sp³-hybridized carbons (Fsp3) is 0.158. The molecule has 0 bridgehead atoms. The van der Waals surface area contributed by atoms with Gasteiger partial charge in [0.25, 0.3) is 0 Å². The highest BCUT2D eigenvalue weighted by Gasteiger charge is 2.19. The SMILES string of the molecule is CNS(=O)(=O)c1ccc(F)c(C(=O)OCc2csc(-c3ccc(OC)cc3)n2)c1. The Bertz CT molecular complexity index is 1130. The second-order valence-corrected chi connectivity index (χ2v) is 8.54. The third-order valence-corrected chi connectivity index (χ3v) is 6.33. The standard InChI is InChI=1S/C19H17FN2O5S2/c1-21-29(24,25)15-7-8-17(20)16(9-15)19(23)27-10-13-11-28-18(22-13)12-3-5-14(26-2)6-4-12/h3-9,11,21H,10H2,1-2H3. The molecule has 0 spiro atoms. The maximum Gasteiger partial charge on any atom is 0.341 e. The molecule has 1 N–H and O–H groups in total. The lowest BCUT2D eigenvalue weighted by Crippen LogP contribution is -2.19. The molecule has 0 unspecified atom stereocenters. The van der Waals surface area contributed by atoms with E-state index in [2.05, 4.69) is 9.71 Å². The van der Waals surface area contributed by atoms with Gasteiger partial charge in [0.15, 0.2) is 0 Å². The normalized spacial score (nSPS) is 11.3. The first-order valence-corrected chi connectivity index (χ1v) is 10.7. The first-order valence-electron chi connectivity index (χ1n) is 8.33. The Morgan fingerprint density at radius 3 is 2.59 bits per heavy atom. The number of nitrogens with one attached hydrogen (secondary N) is 1. The quantitative estimate of drug-likeness (QED) is 0.572. The van der Waals surface area contributed by atoms with Crippen molar-refractivity contribution in [1.82, 2.24) is 9.71 Å². The van der Waals surface area contributed by atoms with Crippen molar-refractivity contribution < 1.29 is 27.1 Å². The van der Waals surface area contributed by atoms with Gasteiger partial charge in [-0.15, -0.1) is 11.3 Å². The molecule has 2 aromatic carbocycles. The van der Waals surface area contributed by atoms with Crippen molar-refractivity contribution in [3.05, 3.63) is 64.9 Å². The first-order chi connectivity index (χ1) is 13.8. The molecule has 0 aliphatic heterocycles. The van der Waals surface area contributed by atoms with E-state index in [0.717, 1.165) is 34.5 Å². The summed E-state index contributed by atoms with van der Waals surface area (Å²) in [6.45, 7) is -0.173. The fourth-order valence-electron chi connectivity index (χ4n) is 2.40. The first kappa shape index (κ1) is 20.9. The topological polar surface area (TPSA) is 94.6 Å². The van der Waals surface area contributed by atoms with E-state index in [4.69, 9.17) is 9.47 Å². The largest absolute Gasteiger partial charge is 0.497 e. The van der Waals surface area contributed by atoms with Crippen molar-refractivity contribution in [2.75, 3.05) is 14.2 Å². The summed E-state index contributed by atoms with van der Waals surface area (Å²) in [5.74, 6) is -1.12. The number of halogens is 1. The van der Waals surface area contributed by atoms with E-state index in [1.54, 1.807) is 12.5 Å². The molecule has 0 fully saturated rings. The number of rotatable bonds is 7. The average Bonchev–Trinajstić information content (AvgIpc) is 3.21. The Morgan fingerprint density at radius 1 is 1.21 bits per heavy atom. The molecule has 3 aromatic rings. The minimum Gasteiger partial charge on any atom is -0.497 e. The molecule has 1 aromatic heterocycles. The molecule has 29 heavy (non-hydrogen) atoms. The summed E-state index contributed by atoms with van der Waals surface area (Å²) in [6, 6.07) is 10.3. The summed E-state index contributed by atoms with van der Waals surface area (Å²) in [5, 5.41) is 2.46. The zero-order chi connectivity index (χ0) is 21.0. The van der Waals surface area contributed by atoms with Gasteiger partial charge >= 0.3 is 5.97 Å². The van der Waals surface area contributed by atoms with Crippen molar-refractivity contribution in [1.29, 1.82) is 0 Å². The zero-order valence-electron chi connectivity index (χ0n) is 15.5. The number of esters is 1. The Labute approximate surface area is 171 Å². The third kappa shape index (κ3) is 4.78.